The zero-order valence-electron chi connectivity index (χ0n) is 17.6. The van der Waals surface area contributed by atoms with E-state index in [-0.39, 0.29) is 65.1 Å². The van der Waals surface area contributed by atoms with Crippen LogP contribution in [0.2, 0.25) is 0 Å². The summed E-state index contributed by atoms with van der Waals surface area (Å²) < 4.78 is 17.5. The molecule has 0 aromatic carbocycles. The molecule has 2 fully saturated rings. The van der Waals surface area contributed by atoms with Crippen molar-refractivity contribution >= 4 is 16.9 Å². The standard InChI is InChI=1S/C20H35O5S.HI/c1-13(2)8-9-16-19(4,25-16)18-17(23-5)15(24-14(3)21)10-11-20(18,22)12-26(6)7;/h8,15-18,22H,9-12H2,1-7H3;1H/q+1;/p-1. The molecule has 1 saturated carbocycles. The summed E-state index contributed by atoms with van der Waals surface area (Å²) in [6.07, 6.45) is 7.82. The highest BCUT2D eigenvalue weighted by Gasteiger charge is 2.68. The Morgan fingerprint density at radius 3 is 2.44 bits per heavy atom. The van der Waals surface area contributed by atoms with Crippen LogP contribution in [0.15, 0.2) is 11.6 Å². The largest absolute Gasteiger partial charge is 1.00 e. The zero-order chi connectivity index (χ0) is 19.7. The van der Waals surface area contributed by atoms with Crippen molar-refractivity contribution in [3.63, 3.8) is 0 Å². The number of hydrogen-bond acceptors (Lipinski definition) is 5. The number of aliphatic hydroxyl groups is 1. The Morgan fingerprint density at radius 2 is 1.96 bits per heavy atom. The van der Waals surface area contributed by atoms with Crippen molar-refractivity contribution in [1.29, 1.82) is 0 Å². The van der Waals surface area contributed by atoms with Crippen molar-refractivity contribution in [3.05, 3.63) is 11.6 Å². The lowest BCUT2D eigenvalue weighted by Gasteiger charge is -2.47. The maximum absolute atomic E-state index is 11.6. The molecule has 1 saturated heterocycles. The number of epoxide rings is 1. The first-order chi connectivity index (χ1) is 12.0. The Kier molecular flexibility index (Phi) is 9.13. The highest BCUT2D eigenvalue weighted by molar-refractivity contribution is 7.95. The van der Waals surface area contributed by atoms with Gasteiger partial charge in [-0.3, -0.25) is 4.79 Å². The maximum Gasteiger partial charge on any atom is 0.302 e. The summed E-state index contributed by atoms with van der Waals surface area (Å²) in [5.74, 6) is 0.164. The number of hydrogen-bond donors (Lipinski definition) is 1. The number of halogens is 1. The third kappa shape index (κ3) is 5.84. The van der Waals surface area contributed by atoms with Gasteiger partial charge < -0.3 is 43.3 Å². The minimum atomic E-state index is -0.877. The van der Waals surface area contributed by atoms with Crippen molar-refractivity contribution < 1.29 is 48.1 Å². The molecule has 2 rings (SSSR count). The number of rotatable bonds is 7. The monoisotopic (exact) mass is 514 g/mol. The Labute approximate surface area is 184 Å². The van der Waals surface area contributed by atoms with Gasteiger partial charge in [-0.1, -0.05) is 11.6 Å². The molecule has 1 aliphatic heterocycles. The molecule has 0 amide bonds. The molecule has 158 valence electrons. The number of carbonyl (C=O) groups is 1. The molecule has 6 unspecified atom stereocenters. The Balaban J connectivity index is 0.00000364. The van der Waals surface area contributed by atoms with E-state index in [1.165, 1.54) is 12.5 Å². The van der Waals surface area contributed by atoms with E-state index in [4.69, 9.17) is 14.2 Å². The molecule has 7 heteroatoms. The molecule has 0 aromatic rings. The SMILES string of the molecule is COC1C(OC(C)=O)CCC(O)(C[S+](C)C)C1C1(C)OC1CC=C(C)C.[I-]. The Morgan fingerprint density at radius 1 is 1.33 bits per heavy atom. The number of methoxy groups -OCH3 is 1. The van der Waals surface area contributed by atoms with E-state index < -0.39 is 11.2 Å². The fourth-order valence-electron chi connectivity index (χ4n) is 4.55. The lowest BCUT2D eigenvalue weighted by atomic mass is 9.66. The fraction of sp³-hybridized carbons (Fsp3) is 0.850. The quantitative estimate of drug-likeness (QED) is 0.163. The molecule has 0 bridgehead atoms. The van der Waals surface area contributed by atoms with Crippen molar-refractivity contribution in [2.24, 2.45) is 5.92 Å². The van der Waals surface area contributed by atoms with E-state index in [1.807, 2.05) is 0 Å². The maximum atomic E-state index is 11.6. The van der Waals surface area contributed by atoms with Gasteiger partial charge in [0.25, 0.3) is 0 Å². The van der Waals surface area contributed by atoms with Crippen molar-refractivity contribution in [3.8, 4) is 0 Å². The van der Waals surface area contributed by atoms with E-state index in [2.05, 4.69) is 39.4 Å². The molecule has 1 heterocycles. The average Bonchev–Trinajstić information content (AvgIpc) is 3.16. The molecule has 5 nitrogen and oxygen atoms in total. The molecule has 1 N–H and O–H groups in total. The van der Waals surface area contributed by atoms with Gasteiger partial charge in [-0.15, -0.1) is 0 Å². The number of allylic oxidation sites excluding steroid dienone is 1. The predicted octanol–water partition coefficient (Wildman–Crippen LogP) is -0.530. The van der Waals surface area contributed by atoms with Crippen LogP contribution in [0.5, 0.6) is 0 Å². The molecule has 0 aromatic heterocycles. The molecular weight excluding hydrogens is 479 g/mol. The molecule has 2 aliphatic rings. The van der Waals surface area contributed by atoms with Gasteiger partial charge in [-0.25, -0.2) is 0 Å². The summed E-state index contributed by atoms with van der Waals surface area (Å²) in [5.41, 5.74) is -0.0932. The Hall–Kier alpha value is 0.170. The summed E-state index contributed by atoms with van der Waals surface area (Å²) in [4.78, 5) is 11.5. The predicted molar refractivity (Wildman–Crippen MR) is 105 cm³/mol. The van der Waals surface area contributed by atoms with Crippen LogP contribution in [0.25, 0.3) is 0 Å². The Bertz CT molecular complexity index is 550. The molecule has 0 spiro atoms. The van der Waals surface area contributed by atoms with E-state index >= 15 is 0 Å². The van der Waals surface area contributed by atoms with Gasteiger partial charge in [0.1, 0.15) is 29.2 Å². The van der Waals surface area contributed by atoms with Crippen LogP contribution in [-0.4, -0.2) is 66.0 Å². The highest BCUT2D eigenvalue weighted by atomic mass is 127. The van der Waals surface area contributed by atoms with E-state index in [0.29, 0.717) is 18.6 Å². The lowest BCUT2D eigenvalue weighted by molar-refractivity contribution is -0.191. The van der Waals surface area contributed by atoms with Gasteiger partial charge in [0.2, 0.25) is 0 Å². The molecule has 1 aliphatic carbocycles. The third-order valence-electron chi connectivity index (χ3n) is 5.60. The van der Waals surface area contributed by atoms with Crippen LogP contribution in [0.1, 0.15) is 47.0 Å². The summed E-state index contributed by atoms with van der Waals surface area (Å²) >= 11 is 0. The van der Waals surface area contributed by atoms with Crippen LogP contribution in [0.4, 0.5) is 0 Å². The summed E-state index contributed by atoms with van der Waals surface area (Å²) in [7, 11) is 1.71. The van der Waals surface area contributed by atoms with Crippen LogP contribution in [0, 0.1) is 5.92 Å². The second kappa shape index (κ2) is 9.78. The van der Waals surface area contributed by atoms with Crippen molar-refractivity contribution in [2.75, 3.05) is 25.4 Å². The third-order valence-corrected chi connectivity index (χ3v) is 6.68. The van der Waals surface area contributed by atoms with Gasteiger partial charge in [-0.05, 0) is 50.9 Å². The molecule has 0 radical (unpaired) electrons. The zero-order valence-corrected chi connectivity index (χ0v) is 20.6. The molecular formula is C20H35IO5S. The normalized spacial score (nSPS) is 38.1. The van der Waals surface area contributed by atoms with Gasteiger partial charge in [0.15, 0.2) is 0 Å². The van der Waals surface area contributed by atoms with E-state index in [9.17, 15) is 9.90 Å². The number of ether oxygens (including phenoxy) is 3. The number of carbonyl (C=O) groups excluding carboxylic acids is 1. The first-order valence-corrected chi connectivity index (χ1v) is 11.5. The summed E-state index contributed by atoms with van der Waals surface area (Å²) in [5, 5.41) is 11.6. The lowest BCUT2D eigenvalue weighted by Crippen LogP contribution is -3.00. The second-order valence-electron chi connectivity index (χ2n) is 8.41. The van der Waals surface area contributed by atoms with E-state index in [1.54, 1.807) is 7.11 Å². The topological polar surface area (TPSA) is 68.3 Å². The van der Waals surface area contributed by atoms with Crippen LogP contribution in [-0.2, 0) is 29.9 Å². The van der Waals surface area contributed by atoms with Crippen LogP contribution >= 0.6 is 0 Å². The second-order valence-corrected chi connectivity index (χ2v) is 10.7. The van der Waals surface area contributed by atoms with E-state index in [0.717, 1.165) is 6.42 Å². The molecule has 6 atom stereocenters. The van der Waals surface area contributed by atoms with Crippen LogP contribution < -0.4 is 24.0 Å². The average molecular weight is 514 g/mol. The van der Waals surface area contributed by atoms with Crippen molar-refractivity contribution in [1.82, 2.24) is 0 Å². The minimum Gasteiger partial charge on any atom is -1.00 e. The summed E-state index contributed by atoms with van der Waals surface area (Å²) in [6, 6.07) is 0. The number of esters is 1. The first-order valence-electron chi connectivity index (χ1n) is 9.31. The first kappa shape index (κ1) is 25.2. The van der Waals surface area contributed by atoms with Crippen LogP contribution in [0.3, 0.4) is 0 Å². The summed E-state index contributed by atoms with van der Waals surface area (Å²) in [6.45, 7) is 7.64. The van der Waals surface area contributed by atoms with Gasteiger partial charge in [0, 0.05) is 14.0 Å². The van der Waals surface area contributed by atoms with Crippen molar-refractivity contribution in [2.45, 2.75) is 76.5 Å². The fourth-order valence-corrected chi connectivity index (χ4v) is 5.88. The van der Waals surface area contributed by atoms with Gasteiger partial charge >= 0.3 is 5.97 Å². The smallest absolute Gasteiger partial charge is 0.302 e. The van der Waals surface area contributed by atoms with Gasteiger partial charge in [0.05, 0.1) is 24.5 Å². The molecule has 27 heavy (non-hydrogen) atoms. The van der Waals surface area contributed by atoms with Gasteiger partial charge in [-0.2, -0.15) is 0 Å². The minimum absolute atomic E-state index is 0. The highest BCUT2D eigenvalue weighted by Crippen LogP contribution is 2.54.